The summed E-state index contributed by atoms with van der Waals surface area (Å²) in [6.45, 7) is 0. The molecule has 0 bridgehead atoms. The van der Waals surface area contributed by atoms with Gasteiger partial charge in [0.15, 0.2) is 0 Å². The highest BCUT2D eigenvalue weighted by Gasteiger charge is 2.26. The molecule has 0 amide bonds. The van der Waals surface area contributed by atoms with Gasteiger partial charge in [0.05, 0.1) is 17.4 Å². The van der Waals surface area contributed by atoms with Crippen LogP contribution in [0.5, 0.6) is 0 Å². The largest absolute Gasteiger partial charge is 0.362 e. The smallest absolute Gasteiger partial charge is 0.0728 e. The molecule has 2 heterocycles. The number of hydrogen-bond acceptors (Lipinski definition) is 1. The minimum Gasteiger partial charge on any atom is -0.362 e. The Balaban J connectivity index is 2.03. The Kier molecular flexibility index (Phi) is 1.84. The van der Waals surface area contributed by atoms with Gasteiger partial charge in [0.1, 0.15) is 0 Å². The zero-order valence-corrected chi connectivity index (χ0v) is 10.2. The number of allylic oxidation sites excluding steroid dienone is 2. The first-order chi connectivity index (χ1) is 8.84. The maximum Gasteiger partial charge on any atom is 0.0728 e. The molecule has 1 aliphatic carbocycles. The maximum atomic E-state index is 3.50. The number of hydrogen-bond donors (Lipinski definition) is 1. The lowest BCUT2D eigenvalue weighted by molar-refractivity contribution is 0.854. The molecule has 88 valence electrons. The summed E-state index contributed by atoms with van der Waals surface area (Å²) in [6.07, 6.45) is 10.9. The molecule has 0 saturated carbocycles. The van der Waals surface area contributed by atoms with Crippen LogP contribution in [0.4, 0.5) is 5.69 Å². The van der Waals surface area contributed by atoms with Crippen molar-refractivity contribution in [1.82, 2.24) is 4.98 Å². The molecule has 1 N–H and O–H groups in total. The molecule has 1 aromatic heterocycles. The molecule has 1 unspecified atom stereocenters. The van der Waals surface area contributed by atoms with Gasteiger partial charge < -0.3 is 9.88 Å². The van der Waals surface area contributed by atoms with Crippen molar-refractivity contribution in [2.24, 2.45) is 0 Å². The molecule has 1 aromatic carbocycles. The molecule has 4 rings (SSSR count). The summed E-state index contributed by atoms with van der Waals surface area (Å²) >= 11 is 0. The highest BCUT2D eigenvalue weighted by atomic mass is 15.2. The fraction of sp³-hybridized carbons (Fsp3) is 0.125. The molecule has 2 aromatic rings. The summed E-state index contributed by atoms with van der Waals surface area (Å²) in [5.41, 5.74) is 5.07. The lowest BCUT2D eigenvalue weighted by Gasteiger charge is -2.33. The van der Waals surface area contributed by atoms with Crippen LogP contribution in [0.3, 0.4) is 0 Å². The number of rotatable bonds is 0. The molecule has 2 heteroatoms. The zero-order chi connectivity index (χ0) is 12.1. The van der Waals surface area contributed by atoms with E-state index >= 15 is 0 Å². The van der Waals surface area contributed by atoms with Gasteiger partial charge in [-0.2, -0.15) is 0 Å². The predicted octanol–water partition coefficient (Wildman–Crippen LogP) is 3.50. The first-order valence-electron chi connectivity index (χ1n) is 6.24. The Bertz CT molecular complexity index is 716. The Morgan fingerprint density at radius 3 is 3.00 bits per heavy atom. The number of benzene rings is 1. The van der Waals surface area contributed by atoms with Crippen molar-refractivity contribution >= 4 is 22.7 Å². The van der Waals surface area contributed by atoms with Gasteiger partial charge in [0, 0.05) is 18.0 Å². The van der Waals surface area contributed by atoms with E-state index in [0.717, 1.165) is 0 Å². The normalized spacial score (nSPS) is 20.8. The lowest BCUT2D eigenvalue weighted by Crippen LogP contribution is -2.34. The Hall–Kier alpha value is -2.22. The van der Waals surface area contributed by atoms with E-state index in [-0.39, 0.29) is 0 Å². The van der Waals surface area contributed by atoms with Crippen molar-refractivity contribution in [1.29, 1.82) is 0 Å². The minimum absolute atomic E-state index is 0.363. The molecule has 0 saturated heterocycles. The second-order valence-electron chi connectivity index (χ2n) is 4.88. The third kappa shape index (κ3) is 1.17. The first kappa shape index (κ1) is 9.77. The predicted molar refractivity (Wildman–Crippen MR) is 76.7 cm³/mol. The van der Waals surface area contributed by atoms with Gasteiger partial charge in [-0.3, -0.25) is 0 Å². The van der Waals surface area contributed by atoms with Crippen molar-refractivity contribution in [3.8, 4) is 0 Å². The molecule has 2 aliphatic rings. The average Bonchev–Trinajstić information content (AvgIpc) is 2.77. The zero-order valence-electron chi connectivity index (χ0n) is 10.2. The molecule has 1 atom stereocenters. The van der Waals surface area contributed by atoms with Gasteiger partial charge in [-0.05, 0) is 17.7 Å². The van der Waals surface area contributed by atoms with Crippen LogP contribution < -0.4 is 4.90 Å². The Morgan fingerprint density at radius 1 is 1.17 bits per heavy atom. The fourth-order valence-corrected chi connectivity index (χ4v) is 2.97. The van der Waals surface area contributed by atoms with E-state index in [4.69, 9.17) is 0 Å². The molecule has 0 radical (unpaired) electrons. The van der Waals surface area contributed by atoms with Gasteiger partial charge >= 0.3 is 0 Å². The number of likely N-dealkylation sites (N-methyl/N-ethyl adjacent to an activating group) is 1. The number of aromatic nitrogens is 1. The summed E-state index contributed by atoms with van der Waals surface area (Å²) in [5, 5.41) is 1.30. The molecular formula is C16H14N2. The highest BCUT2D eigenvalue weighted by Crippen LogP contribution is 2.39. The number of para-hydroxylation sites is 1. The highest BCUT2D eigenvalue weighted by molar-refractivity contribution is 5.99. The summed E-state index contributed by atoms with van der Waals surface area (Å²) in [7, 11) is 2.17. The SMILES string of the molecule is CN1c2c([nH]c3ccccc23)C=C2C=CC=CC21. The number of nitrogens with zero attached hydrogens (tertiary/aromatic N) is 1. The third-order valence-corrected chi connectivity index (χ3v) is 3.82. The second-order valence-corrected chi connectivity index (χ2v) is 4.88. The molecule has 1 aliphatic heterocycles. The molecule has 18 heavy (non-hydrogen) atoms. The van der Waals surface area contributed by atoms with E-state index in [0.29, 0.717) is 6.04 Å². The minimum atomic E-state index is 0.363. The topological polar surface area (TPSA) is 19.0 Å². The van der Waals surface area contributed by atoms with Crippen LogP contribution in [0.2, 0.25) is 0 Å². The number of aromatic amines is 1. The summed E-state index contributed by atoms with van der Waals surface area (Å²) in [6, 6.07) is 8.85. The number of fused-ring (bicyclic) bond motifs is 4. The average molecular weight is 234 g/mol. The van der Waals surface area contributed by atoms with Crippen molar-refractivity contribution in [2.45, 2.75) is 6.04 Å². The molecule has 0 fully saturated rings. The van der Waals surface area contributed by atoms with Gasteiger partial charge in [0.2, 0.25) is 0 Å². The van der Waals surface area contributed by atoms with Crippen LogP contribution in [0.1, 0.15) is 5.69 Å². The van der Waals surface area contributed by atoms with Gasteiger partial charge in [-0.1, -0.05) is 42.5 Å². The second kappa shape index (κ2) is 3.39. The number of H-pyrrole nitrogens is 1. The number of anilines is 1. The maximum absolute atomic E-state index is 3.50. The summed E-state index contributed by atoms with van der Waals surface area (Å²) < 4.78 is 0. The van der Waals surface area contributed by atoms with E-state index in [1.54, 1.807) is 0 Å². The summed E-state index contributed by atoms with van der Waals surface area (Å²) in [5.74, 6) is 0. The molecule has 0 spiro atoms. The van der Waals surface area contributed by atoms with E-state index in [9.17, 15) is 0 Å². The van der Waals surface area contributed by atoms with Crippen LogP contribution in [0.15, 0.2) is 54.1 Å². The van der Waals surface area contributed by atoms with Crippen LogP contribution in [-0.4, -0.2) is 18.1 Å². The van der Waals surface area contributed by atoms with E-state index in [1.165, 1.54) is 27.9 Å². The Morgan fingerprint density at radius 2 is 2.06 bits per heavy atom. The van der Waals surface area contributed by atoms with Crippen molar-refractivity contribution in [3.05, 3.63) is 59.8 Å². The van der Waals surface area contributed by atoms with Gasteiger partial charge in [-0.25, -0.2) is 0 Å². The number of nitrogens with one attached hydrogen (secondary N) is 1. The third-order valence-electron chi connectivity index (χ3n) is 3.82. The van der Waals surface area contributed by atoms with Crippen molar-refractivity contribution in [2.75, 3.05) is 11.9 Å². The molecular weight excluding hydrogens is 220 g/mol. The monoisotopic (exact) mass is 234 g/mol. The lowest BCUT2D eigenvalue weighted by atomic mass is 9.95. The van der Waals surface area contributed by atoms with E-state index in [1.807, 2.05) is 0 Å². The van der Waals surface area contributed by atoms with E-state index in [2.05, 4.69) is 71.6 Å². The van der Waals surface area contributed by atoms with Gasteiger partial charge in [0.25, 0.3) is 0 Å². The fourth-order valence-electron chi connectivity index (χ4n) is 2.97. The van der Waals surface area contributed by atoms with Crippen LogP contribution in [0.25, 0.3) is 17.0 Å². The van der Waals surface area contributed by atoms with Gasteiger partial charge in [-0.15, -0.1) is 0 Å². The van der Waals surface area contributed by atoms with Crippen molar-refractivity contribution < 1.29 is 0 Å². The Labute approximate surface area is 106 Å². The van der Waals surface area contributed by atoms with Crippen LogP contribution in [-0.2, 0) is 0 Å². The standard InChI is InChI=1S/C16H14N2/c1-18-15-9-5-2-6-11(15)10-14-16(18)12-7-3-4-8-13(12)17-14/h2-10,15,17H,1H3. The summed E-state index contributed by atoms with van der Waals surface area (Å²) in [4.78, 5) is 5.85. The van der Waals surface area contributed by atoms with E-state index < -0.39 is 0 Å². The quantitative estimate of drug-likeness (QED) is 0.739. The van der Waals surface area contributed by atoms with Crippen LogP contribution >= 0.6 is 0 Å². The molecule has 2 nitrogen and oxygen atoms in total. The van der Waals surface area contributed by atoms with Crippen LogP contribution in [0, 0.1) is 0 Å². The first-order valence-corrected chi connectivity index (χ1v) is 6.24. The van der Waals surface area contributed by atoms with Crippen molar-refractivity contribution in [3.63, 3.8) is 0 Å².